The number of amides is 1. The highest BCUT2D eigenvalue weighted by Gasteiger charge is 2.22. The van der Waals surface area contributed by atoms with Gasteiger partial charge in [-0.25, -0.2) is 8.42 Å². The molecule has 2 aromatic rings. The van der Waals surface area contributed by atoms with Crippen LogP contribution in [0, 0.1) is 0 Å². The topological polar surface area (TPSA) is 75.7 Å². The van der Waals surface area contributed by atoms with Gasteiger partial charge in [0.2, 0.25) is 10.0 Å². The van der Waals surface area contributed by atoms with Gasteiger partial charge in [0.15, 0.2) is 0 Å². The van der Waals surface area contributed by atoms with Crippen molar-refractivity contribution in [3.8, 4) is 5.75 Å². The zero-order chi connectivity index (χ0) is 23.4. The molecule has 6 nitrogen and oxygen atoms in total. The number of sulfonamides is 1. The Labute approximate surface area is 191 Å². The van der Waals surface area contributed by atoms with Crippen LogP contribution in [0.25, 0.3) is 0 Å². The number of anilines is 1. The molecule has 0 spiro atoms. The van der Waals surface area contributed by atoms with E-state index in [0.29, 0.717) is 23.6 Å². The van der Waals surface area contributed by atoms with Crippen LogP contribution in [0.5, 0.6) is 5.75 Å². The van der Waals surface area contributed by atoms with Crippen LogP contribution in [0.15, 0.2) is 78.7 Å². The number of rotatable bonds is 14. The van der Waals surface area contributed by atoms with Crippen LogP contribution >= 0.6 is 0 Å². The molecule has 1 amide bonds. The summed E-state index contributed by atoms with van der Waals surface area (Å²) in [6, 6.07) is 13.2. The van der Waals surface area contributed by atoms with Gasteiger partial charge in [-0.3, -0.25) is 4.79 Å². The Morgan fingerprint density at radius 3 is 2.28 bits per heavy atom. The molecule has 0 heterocycles. The lowest BCUT2D eigenvalue weighted by Crippen LogP contribution is -2.31. The van der Waals surface area contributed by atoms with Crippen molar-refractivity contribution in [2.75, 3.05) is 25.0 Å². The molecule has 0 aliphatic rings. The molecule has 0 unspecified atom stereocenters. The number of hydrogen-bond acceptors (Lipinski definition) is 4. The molecule has 32 heavy (non-hydrogen) atoms. The first-order chi connectivity index (χ1) is 15.4. The summed E-state index contributed by atoms with van der Waals surface area (Å²) >= 11 is 0. The van der Waals surface area contributed by atoms with E-state index in [2.05, 4.69) is 25.4 Å². The Bertz CT molecular complexity index is 991. The third kappa shape index (κ3) is 7.07. The minimum Gasteiger partial charge on any atom is -0.493 e. The monoisotopic (exact) mass is 456 g/mol. The normalized spacial score (nSPS) is 11.2. The zero-order valence-electron chi connectivity index (χ0n) is 18.6. The van der Waals surface area contributed by atoms with E-state index in [1.807, 2.05) is 6.07 Å². The lowest BCUT2D eigenvalue weighted by atomic mass is 10.1. The van der Waals surface area contributed by atoms with Gasteiger partial charge in [-0.1, -0.05) is 50.5 Å². The van der Waals surface area contributed by atoms with E-state index in [1.165, 1.54) is 28.6 Å². The molecule has 0 saturated carbocycles. The van der Waals surface area contributed by atoms with Crippen LogP contribution in [0.2, 0.25) is 0 Å². The second-order valence-electron chi connectivity index (χ2n) is 7.28. The summed E-state index contributed by atoms with van der Waals surface area (Å²) < 4.78 is 32.7. The summed E-state index contributed by atoms with van der Waals surface area (Å²) in [5, 5.41) is 2.81. The summed E-state index contributed by atoms with van der Waals surface area (Å²) in [5.74, 6) is 0.217. The number of carbonyl (C=O) groups excluding carboxylic acids is 1. The molecule has 0 aliphatic heterocycles. The largest absolute Gasteiger partial charge is 0.493 e. The molecular formula is C25H32N2O4S. The van der Waals surface area contributed by atoms with Gasteiger partial charge in [-0.05, 0) is 42.8 Å². The highest BCUT2D eigenvalue weighted by molar-refractivity contribution is 7.89. The van der Waals surface area contributed by atoms with Crippen LogP contribution in [0.1, 0.15) is 43.0 Å². The first kappa shape index (κ1) is 25.4. The lowest BCUT2D eigenvalue weighted by molar-refractivity contribution is 0.102. The summed E-state index contributed by atoms with van der Waals surface area (Å²) in [5.41, 5.74) is 0.925. The van der Waals surface area contributed by atoms with Crippen LogP contribution in [-0.4, -0.2) is 38.3 Å². The average Bonchev–Trinajstić information content (AvgIpc) is 2.79. The fraction of sp³-hybridized carbons (Fsp3) is 0.320. The molecule has 0 aliphatic carbocycles. The Hall–Kier alpha value is -2.90. The second kappa shape index (κ2) is 12.8. The van der Waals surface area contributed by atoms with Gasteiger partial charge in [-0.15, -0.1) is 13.2 Å². The minimum atomic E-state index is -3.69. The molecule has 1 N–H and O–H groups in total. The van der Waals surface area contributed by atoms with Crippen molar-refractivity contribution >= 4 is 21.6 Å². The Morgan fingerprint density at radius 2 is 1.66 bits per heavy atom. The molecule has 0 atom stereocenters. The summed E-state index contributed by atoms with van der Waals surface area (Å²) in [4.78, 5) is 12.9. The highest BCUT2D eigenvalue weighted by atomic mass is 32.2. The summed E-state index contributed by atoms with van der Waals surface area (Å²) in [6.07, 6.45) is 7.40. The maximum Gasteiger partial charge on any atom is 0.259 e. The number of hydrogen-bond donors (Lipinski definition) is 1. The number of nitrogens with one attached hydrogen (secondary N) is 1. The molecule has 2 rings (SSSR count). The van der Waals surface area contributed by atoms with Crippen LogP contribution in [0.4, 0.5) is 5.69 Å². The Morgan fingerprint density at radius 1 is 1.00 bits per heavy atom. The number of carbonyl (C=O) groups is 1. The average molecular weight is 457 g/mol. The maximum absolute atomic E-state index is 12.8. The first-order valence-corrected chi connectivity index (χ1v) is 12.2. The Balaban J connectivity index is 2.09. The standard InChI is InChI=1S/C25H32N2O4S/c1-4-7-8-11-20-31-24-13-10-9-12-23(24)25(28)26-21-14-16-22(17-15-21)32(29,30)27(18-5-2)19-6-3/h5-6,9-10,12-17H,2-4,7-8,11,18-20H2,1H3,(H,26,28). The molecule has 0 bridgehead atoms. The molecule has 0 fully saturated rings. The van der Waals surface area contributed by atoms with Crippen LogP contribution in [0.3, 0.4) is 0 Å². The molecular weight excluding hydrogens is 424 g/mol. The van der Waals surface area contributed by atoms with Crippen molar-refractivity contribution in [3.05, 3.63) is 79.4 Å². The van der Waals surface area contributed by atoms with Gasteiger partial charge in [0, 0.05) is 18.8 Å². The minimum absolute atomic E-state index is 0.134. The number of benzene rings is 2. The van der Waals surface area contributed by atoms with Gasteiger partial charge >= 0.3 is 0 Å². The first-order valence-electron chi connectivity index (χ1n) is 10.8. The smallest absolute Gasteiger partial charge is 0.259 e. The van der Waals surface area contributed by atoms with Crippen molar-refractivity contribution in [3.63, 3.8) is 0 Å². The molecule has 0 aromatic heterocycles. The highest BCUT2D eigenvalue weighted by Crippen LogP contribution is 2.22. The van der Waals surface area contributed by atoms with Crippen molar-refractivity contribution in [1.82, 2.24) is 4.31 Å². The molecule has 0 radical (unpaired) electrons. The number of para-hydroxylation sites is 1. The van der Waals surface area contributed by atoms with Gasteiger partial charge in [0.05, 0.1) is 17.1 Å². The van der Waals surface area contributed by atoms with Gasteiger partial charge in [-0.2, -0.15) is 4.31 Å². The summed E-state index contributed by atoms with van der Waals surface area (Å²) in [7, 11) is -3.69. The van der Waals surface area contributed by atoms with Gasteiger partial charge < -0.3 is 10.1 Å². The van der Waals surface area contributed by atoms with Crippen molar-refractivity contribution in [2.24, 2.45) is 0 Å². The van der Waals surface area contributed by atoms with Crippen LogP contribution in [-0.2, 0) is 10.0 Å². The fourth-order valence-corrected chi connectivity index (χ4v) is 4.49. The van der Waals surface area contributed by atoms with E-state index in [-0.39, 0.29) is 23.9 Å². The van der Waals surface area contributed by atoms with E-state index in [4.69, 9.17) is 4.74 Å². The Kier molecular flexibility index (Phi) is 10.2. The van der Waals surface area contributed by atoms with Gasteiger partial charge in [0.25, 0.3) is 5.91 Å². The van der Waals surface area contributed by atoms with E-state index in [1.54, 1.807) is 30.3 Å². The van der Waals surface area contributed by atoms with E-state index < -0.39 is 10.0 Å². The van der Waals surface area contributed by atoms with Crippen molar-refractivity contribution < 1.29 is 17.9 Å². The third-order valence-corrected chi connectivity index (χ3v) is 6.65. The molecule has 7 heteroatoms. The number of nitrogens with zero attached hydrogens (tertiary/aromatic N) is 1. The fourth-order valence-electron chi connectivity index (χ4n) is 3.11. The van der Waals surface area contributed by atoms with Crippen molar-refractivity contribution in [2.45, 2.75) is 37.5 Å². The predicted octanol–water partition coefficient (Wildman–Crippen LogP) is 5.26. The second-order valence-corrected chi connectivity index (χ2v) is 9.22. The third-order valence-electron chi connectivity index (χ3n) is 4.80. The molecule has 172 valence electrons. The van der Waals surface area contributed by atoms with Crippen LogP contribution < -0.4 is 10.1 Å². The predicted molar refractivity (Wildman–Crippen MR) is 130 cm³/mol. The lowest BCUT2D eigenvalue weighted by Gasteiger charge is -2.19. The number of unbranched alkanes of at least 4 members (excludes halogenated alkanes) is 3. The van der Waals surface area contributed by atoms with Crippen molar-refractivity contribution in [1.29, 1.82) is 0 Å². The van der Waals surface area contributed by atoms with E-state index in [0.717, 1.165) is 25.7 Å². The van der Waals surface area contributed by atoms with E-state index in [9.17, 15) is 13.2 Å². The zero-order valence-corrected chi connectivity index (χ0v) is 19.4. The molecule has 0 saturated heterocycles. The quantitative estimate of drug-likeness (QED) is 0.311. The molecule has 2 aromatic carbocycles. The maximum atomic E-state index is 12.8. The SMILES string of the molecule is C=CCN(CC=C)S(=O)(=O)c1ccc(NC(=O)c2ccccc2OCCCCCC)cc1. The van der Waals surface area contributed by atoms with Gasteiger partial charge in [0.1, 0.15) is 5.75 Å². The number of ether oxygens (including phenoxy) is 1. The summed E-state index contributed by atoms with van der Waals surface area (Å²) in [6.45, 7) is 10.3. The van der Waals surface area contributed by atoms with E-state index >= 15 is 0 Å².